The molecule has 1 aliphatic rings. The first-order valence-electron chi connectivity index (χ1n) is 11.7. The smallest absolute Gasteiger partial charge is 0.325 e. The van der Waals surface area contributed by atoms with Crippen molar-refractivity contribution in [3.8, 4) is 5.69 Å². The first-order chi connectivity index (χ1) is 16.7. The second-order valence-corrected chi connectivity index (χ2v) is 9.38. The number of aromatic amines is 1. The number of hydrogen-bond acceptors (Lipinski definition) is 3. The Morgan fingerprint density at radius 2 is 1.69 bits per heavy atom. The fraction of sp³-hybridized carbons (Fsp3) is 0.250. The third-order valence-corrected chi connectivity index (χ3v) is 6.70. The van der Waals surface area contributed by atoms with Crippen LogP contribution in [0.3, 0.4) is 0 Å². The van der Waals surface area contributed by atoms with Gasteiger partial charge >= 0.3 is 6.03 Å². The molecular weight excluding hydrogens is 440 g/mol. The van der Waals surface area contributed by atoms with Crippen LogP contribution in [-0.2, 0) is 11.2 Å². The molecule has 0 bridgehead atoms. The fourth-order valence-corrected chi connectivity index (χ4v) is 5.14. The first-order valence-corrected chi connectivity index (χ1v) is 11.7. The Morgan fingerprint density at radius 1 is 0.971 bits per heavy atom. The van der Waals surface area contributed by atoms with Crippen molar-refractivity contribution in [2.24, 2.45) is 0 Å². The number of urea groups is 1. The maximum atomic E-state index is 13.2. The molecule has 0 spiro atoms. The van der Waals surface area contributed by atoms with Gasteiger partial charge in [0.1, 0.15) is 6.04 Å². The molecule has 7 nitrogen and oxygen atoms in total. The minimum Gasteiger partial charge on any atom is -0.361 e. The van der Waals surface area contributed by atoms with Crippen LogP contribution in [0.2, 0.25) is 0 Å². The summed E-state index contributed by atoms with van der Waals surface area (Å²) in [6, 6.07) is 14.7. The number of nitrogens with zero attached hydrogens (tertiary/aromatic N) is 2. The van der Waals surface area contributed by atoms with Gasteiger partial charge in [-0.15, -0.1) is 0 Å². The van der Waals surface area contributed by atoms with Gasteiger partial charge in [-0.25, -0.2) is 4.79 Å². The number of imide groups is 1. The van der Waals surface area contributed by atoms with E-state index in [1.54, 1.807) is 0 Å². The van der Waals surface area contributed by atoms with E-state index in [0.717, 1.165) is 49.6 Å². The Morgan fingerprint density at radius 3 is 2.43 bits per heavy atom. The molecule has 3 amide bonds. The molecule has 1 aliphatic heterocycles. The summed E-state index contributed by atoms with van der Waals surface area (Å²) in [6.45, 7) is 7.64. The van der Waals surface area contributed by atoms with Crippen LogP contribution in [0, 0.1) is 27.7 Å². The lowest BCUT2D eigenvalue weighted by Gasteiger charge is -2.14. The molecule has 0 unspecified atom stereocenters. The molecule has 1 fully saturated rings. The fourth-order valence-electron chi connectivity index (χ4n) is 5.14. The van der Waals surface area contributed by atoms with Crippen molar-refractivity contribution in [2.45, 2.75) is 40.2 Å². The van der Waals surface area contributed by atoms with Crippen LogP contribution in [-0.4, -0.2) is 44.8 Å². The summed E-state index contributed by atoms with van der Waals surface area (Å²) in [5, 5.41) is 3.77. The van der Waals surface area contributed by atoms with Crippen molar-refractivity contribution >= 4 is 28.6 Å². The molecule has 0 saturated carbocycles. The molecule has 1 saturated heterocycles. The van der Waals surface area contributed by atoms with Gasteiger partial charge in [0, 0.05) is 46.2 Å². The summed E-state index contributed by atoms with van der Waals surface area (Å²) in [5.74, 6) is -0.637. The number of fused-ring (bicyclic) bond motifs is 1. The van der Waals surface area contributed by atoms with E-state index in [0.29, 0.717) is 12.0 Å². The van der Waals surface area contributed by atoms with Gasteiger partial charge in [0.25, 0.3) is 5.91 Å². The lowest BCUT2D eigenvalue weighted by Crippen LogP contribution is -2.36. The average Bonchev–Trinajstić information content (AvgIpc) is 3.43. The quantitative estimate of drug-likeness (QED) is 0.322. The van der Waals surface area contributed by atoms with E-state index in [1.165, 1.54) is 0 Å². The second kappa shape index (κ2) is 8.58. The number of benzene rings is 2. The van der Waals surface area contributed by atoms with Gasteiger partial charge in [-0.3, -0.25) is 14.5 Å². The molecule has 2 aromatic heterocycles. The molecule has 1 atom stereocenters. The number of para-hydroxylation sites is 1. The zero-order valence-electron chi connectivity index (χ0n) is 20.3. The predicted molar refractivity (Wildman–Crippen MR) is 135 cm³/mol. The van der Waals surface area contributed by atoms with Crippen LogP contribution >= 0.6 is 0 Å². The van der Waals surface area contributed by atoms with Gasteiger partial charge in [0.05, 0.1) is 6.54 Å². The van der Waals surface area contributed by atoms with Crippen molar-refractivity contribution in [2.75, 3.05) is 6.54 Å². The van der Waals surface area contributed by atoms with Crippen LogP contribution in [0.4, 0.5) is 4.79 Å². The summed E-state index contributed by atoms with van der Waals surface area (Å²) < 4.78 is 2.04. The van der Waals surface area contributed by atoms with E-state index in [1.807, 2.05) is 68.8 Å². The minimum absolute atomic E-state index is 0.259. The number of amides is 3. The normalized spacial score (nSPS) is 15.8. The maximum absolute atomic E-state index is 13.2. The summed E-state index contributed by atoms with van der Waals surface area (Å²) in [6.07, 6.45) is 2.22. The van der Waals surface area contributed by atoms with Crippen molar-refractivity contribution < 1.29 is 14.4 Å². The summed E-state index contributed by atoms with van der Waals surface area (Å²) >= 11 is 0. The van der Waals surface area contributed by atoms with Gasteiger partial charge in [-0.05, 0) is 68.7 Å². The monoisotopic (exact) mass is 468 g/mol. The maximum Gasteiger partial charge on any atom is 0.325 e. The number of carbonyl (C=O) groups is 3. The average molecular weight is 469 g/mol. The Kier molecular flexibility index (Phi) is 5.55. The van der Waals surface area contributed by atoms with Crippen molar-refractivity contribution in [1.82, 2.24) is 19.8 Å². The highest BCUT2D eigenvalue weighted by atomic mass is 16.2. The number of aryl methyl sites for hydroxylation is 3. The Bertz CT molecular complexity index is 1470. The third kappa shape index (κ3) is 4.03. The number of carbonyl (C=O) groups excluding carboxylic acids is 3. The van der Waals surface area contributed by atoms with E-state index >= 15 is 0 Å². The van der Waals surface area contributed by atoms with Crippen molar-refractivity contribution in [3.05, 3.63) is 88.4 Å². The number of H-pyrrole nitrogens is 1. The van der Waals surface area contributed by atoms with Gasteiger partial charge in [-0.2, -0.15) is 0 Å². The van der Waals surface area contributed by atoms with E-state index < -0.39 is 12.1 Å². The topological polar surface area (TPSA) is 87.2 Å². The largest absolute Gasteiger partial charge is 0.361 e. The lowest BCUT2D eigenvalue weighted by molar-refractivity contribution is -0.127. The molecule has 0 aliphatic carbocycles. The predicted octanol–water partition coefficient (Wildman–Crippen LogP) is 4.54. The van der Waals surface area contributed by atoms with Crippen LogP contribution in [0.15, 0.2) is 54.7 Å². The number of ketones is 1. The first kappa shape index (κ1) is 22.7. The van der Waals surface area contributed by atoms with E-state index in [9.17, 15) is 14.4 Å². The Hall–Kier alpha value is -4.13. The minimum atomic E-state index is -0.697. The zero-order chi connectivity index (χ0) is 24.9. The lowest BCUT2D eigenvalue weighted by atomic mass is 10.0. The molecule has 2 N–H and O–H groups in total. The van der Waals surface area contributed by atoms with E-state index in [2.05, 4.69) is 28.5 Å². The second-order valence-electron chi connectivity index (χ2n) is 9.38. The highest BCUT2D eigenvalue weighted by molar-refractivity contribution is 6.09. The van der Waals surface area contributed by atoms with E-state index in [-0.39, 0.29) is 18.2 Å². The summed E-state index contributed by atoms with van der Waals surface area (Å²) in [5.41, 5.74) is 7.43. The molecule has 4 aromatic rings. The molecule has 3 heterocycles. The van der Waals surface area contributed by atoms with Crippen LogP contribution < -0.4 is 5.32 Å². The summed E-state index contributed by atoms with van der Waals surface area (Å²) in [7, 11) is 0. The van der Waals surface area contributed by atoms with Crippen molar-refractivity contribution in [3.63, 3.8) is 0 Å². The molecule has 5 rings (SSSR count). The van der Waals surface area contributed by atoms with Gasteiger partial charge in [-0.1, -0.05) is 24.3 Å². The van der Waals surface area contributed by atoms with Crippen LogP contribution in [0.1, 0.15) is 38.4 Å². The zero-order valence-corrected chi connectivity index (χ0v) is 20.3. The Balaban J connectivity index is 1.35. The van der Waals surface area contributed by atoms with Crippen molar-refractivity contribution in [1.29, 1.82) is 0 Å². The highest BCUT2D eigenvalue weighted by Gasteiger charge is 2.39. The standard InChI is InChI=1S/C28H28N4O3/c1-16-9-17(2)11-21(10-16)32-18(3)12-23(19(32)4)26(33)15-31-27(34)25(30-28(31)35)13-20-14-29-24-8-6-5-7-22(20)24/h5-12,14,25,29H,13,15H2,1-4H3,(H,30,35)/t25-/m0/s1. The highest BCUT2D eigenvalue weighted by Crippen LogP contribution is 2.25. The molecule has 2 aromatic carbocycles. The Labute approximate surface area is 203 Å². The molecule has 35 heavy (non-hydrogen) atoms. The van der Waals surface area contributed by atoms with Crippen LogP contribution in [0.25, 0.3) is 16.6 Å². The molecular formula is C28H28N4O3. The molecule has 7 heteroatoms. The SMILES string of the molecule is Cc1cc(C)cc(-n2c(C)cc(C(=O)CN3C(=O)N[C@@H](Cc4c[nH]c5ccccc45)C3=O)c2C)c1. The number of aromatic nitrogens is 2. The summed E-state index contributed by atoms with van der Waals surface area (Å²) in [4.78, 5) is 43.2. The molecule has 0 radical (unpaired) electrons. The van der Waals surface area contributed by atoms with Gasteiger partial charge in [0.2, 0.25) is 0 Å². The number of Topliss-reactive ketones (excluding diaryl/α,β-unsaturated/α-hetero) is 1. The van der Waals surface area contributed by atoms with E-state index in [4.69, 9.17) is 0 Å². The van der Waals surface area contributed by atoms with Gasteiger partial charge in [0.15, 0.2) is 5.78 Å². The number of rotatable bonds is 6. The number of hydrogen-bond donors (Lipinski definition) is 2. The van der Waals surface area contributed by atoms with Gasteiger partial charge < -0.3 is 14.9 Å². The molecule has 178 valence electrons. The third-order valence-electron chi connectivity index (χ3n) is 6.70. The van der Waals surface area contributed by atoms with Crippen LogP contribution in [0.5, 0.6) is 0 Å². The number of nitrogens with one attached hydrogen (secondary N) is 2.